The number of H-pyrrole nitrogens is 1. The minimum absolute atomic E-state index is 0.151. The van der Waals surface area contributed by atoms with Gasteiger partial charge in [0.15, 0.2) is 0 Å². The van der Waals surface area contributed by atoms with Crippen molar-refractivity contribution in [2.45, 2.75) is 32.0 Å². The second-order valence-corrected chi connectivity index (χ2v) is 4.54. The van der Waals surface area contributed by atoms with Gasteiger partial charge in [-0.15, -0.1) is 13.2 Å². The van der Waals surface area contributed by atoms with Crippen molar-refractivity contribution in [3.63, 3.8) is 0 Å². The van der Waals surface area contributed by atoms with Crippen LogP contribution in [0.15, 0.2) is 18.2 Å². The maximum absolute atomic E-state index is 12.2. The number of benzene rings is 1. The van der Waals surface area contributed by atoms with Gasteiger partial charge in [0.2, 0.25) is 0 Å². The van der Waals surface area contributed by atoms with E-state index in [1.807, 2.05) is 0 Å². The highest BCUT2D eigenvalue weighted by molar-refractivity contribution is 5.86. The summed E-state index contributed by atoms with van der Waals surface area (Å²) >= 11 is 0. The number of alkyl halides is 3. The normalized spacial score (nSPS) is 15.7. The van der Waals surface area contributed by atoms with Gasteiger partial charge in [-0.1, -0.05) is 0 Å². The van der Waals surface area contributed by atoms with Gasteiger partial charge in [-0.25, -0.2) is 0 Å². The molecule has 2 nitrogen and oxygen atoms in total. The van der Waals surface area contributed by atoms with Crippen LogP contribution in [0.5, 0.6) is 5.75 Å². The van der Waals surface area contributed by atoms with Crippen molar-refractivity contribution in [2.75, 3.05) is 0 Å². The van der Waals surface area contributed by atoms with Crippen LogP contribution in [0, 0.1) is 0 Å². The predicted octanol–water partition coefficient (Wildman–Crippen LogP) is 3.95. The molecule has 0 saturated carbocycles. The van der Waals surface area contributed by atoms with E-state index in [-0.39, 0.29) is 5.75 Å². The molecule has 5 heteroatoms. The number of rotatable bonds is 1. The van der Waals surface area contributed by atoms with Gasteiger partial charge < -0.3 is 9.72 Å². The van der Waals surface area contributed by atoms with E-state index in [0.29, 0.717) is 0 Å². The Morgan fingerprint density at radius 2 is 1.89 bits per heavy atom. The average Bonchev–Trinajstić information content (AvgIpc) is 2.65. The maximum atomic E-state index is 12.2. The van der Waals surface area contributed by atoms with E-state index in [2.05, 4.69) is 9.72 Å². The van der Waals surface area contributed by atoms with Gasteiger partial charge in [-0.05, 0) is 49.4 Å². The van der Waals surface area contributed by atoms with Crippen LogP contribution < -0.4 is 4.74 Å². The summed E-state index contributed by atoms with van der Waals surface area (Å²) < 4.78 is 40.5. The fourth-order valence-electron chi connectivity index (χ4n) is 2.58. The van der Waals surface area contributed by atoms with Gasteiger partial charge in [-0.2, -0.15) is 0 Å². The maximum Gasteiger partial charge on any atom is 0.573 e. The largest absolute Gasteiger partial charge is 0.573 e. The SMILES string of the molecule is FC(F)(F)Oc1ccc2[nH]c3c(c2c1)CCCC3. The lowest BCUT2D eigenvalue weighted by molar-refractivity contribution is -0.274. The minimum Gasteiger partial charge on any atom is -0.406 e. The molecule has 1 aromatic heterocycles. The molecular weight excluding hydrogens is 243 g/mol. The Labute approximate surface area is 102 Å². The molecule has 1 N–H and O–H groups in total. The molecule has 0 fully saturated rings. The van der Waals surface area contributed by atoms with E-state index in [9.17, 15) is 13.2 Å². The molecule has 1 aromatic carbocycles. The van der Waals surface area contributed by atoms with Crippen LogP contribution in [0.1, 0.15) is 24.1 Å². The van der Waals surface area contributed by atoms with Gasteiger partial charge in [0, 0.05) is 16.6 Å². The zero-order chi connectivity index (χ0) is 12.8. The van der Waals surface area contributed by atoms with Crippen LogP contribution in [-0.2, 0) is 12.8 Å². The lowest BCUT2D eigenvalue weighted by atomic mass is 9.96. The molecule has 2 aromatic rings. The van der Waals surface area contributed by atoms with E-state index in [1.54, 1.807) is 6.07 Å². The summed E-state index contributed by atoms with van der Waals surface area (Å²) in [7, 11) is 0. The number of hydrogen-bond acceptors (Lipinski definition) is 1. The molecule has 18 heavy (non-hydrogen) atoms. The number of hydrogen-bond donors (Lipinski definition) is 1. The molecular formula is C13H12F3NO. The second kappa shape index (κ2) is 3.93. The third-order valence-electron chi connectivity index (χ3n) is 3.30. The minimum atomic E-state index is -4.63. The third-order valence-corrected chi connectivity index (χ3v) is 3.30. The van der Waals surface area contributed by atoms with Crippen molar-refractivity contribution in [3.8, 4) is 5.75 Å². The number of ether oxygens (including phenoxy) is 1. The standard InChI is InChI=1S/C13H12F3NO/c14-13(15,16)18-8-5-6-12-10(7-8)9-3-1-2-4-11(9)17-12/h5-7,17H,1-4H2. The van der Waals surface area contributed by atoms with Crippen molar-refractivity contribution in [1.29, 1.82) is 0 Å². The molecule has 0 unspecified atom stereocenters. The molecule has 0 saturated heterocycles. The number of aromatic nitrogens is 1. The van der Waals surface area contributed by atoms with Crippen LogP contribution in [-0.4, -0.2) is 11.3 Å². The first kappa shape index (κ1) is 11.4. The summed E-state index contributed by atoms with van der Waals surface area (Å²) in [6.45, 7) is 0. The summed E-state index contributed by atoms with van der Waals surface area (Å²) in [5.41, 5.74) is 3.18. The fourth-order valence-corrected chi connectivity index (χ4v) is 2.58. The molecule has 1 aliphatic rings. The highest BCUT2D eigenvalue weighted by atomic mass is 19.4. The number of halogens is 3. The van der Waals surface area contributed by atoms with Crippen molar-refractivity contribution in [1.82, 2.24) is 4.98 Å². The Morgan fingerprint density at radius 3 is 2.67 bits per heavy atom. The van der Waals surface area contributed by atoms with E-state index in [4.69, 9.17) is 0 Å². The Balaban J connectivity index is 2.05. The van der Waals surface area contributed by atoms with Crippen molar-refractivity contribution < 1.29 is 17.9 Å². The van der Waals surface area contributed by atoms with Gasteiger partial charge in [0.25, 0.3) is 0 Å². The van der Waals surface area contributed by atoms with Gasteiger partial charge in [-0.3, -0.25) is 0 Å². The highest BCUT2D eigenvalue weighted by Crippen LogP contribution is 2.32. The Bertz CT molecular complexity index is 586. The molecule has 3 rings (SSSR count). The van der Waals surface area contributed by atoms with Crippen LogP contribution in [0.25, 0.3) is 10.9 Å². The monoisotopic (exact) mass is 255 g/mol. The number of aromatic amines is 1. The summed E-state index contributed by atoms with van der Waals surface area (Å²) in [6, 6.07) is 4.47. The zero-order valence-electron chi connectivity index (χ0n) is 9.60. The quantitative estimate of drug-likeness (QED) is 0.820. The van der Waals surface area contributed by atoms with Crippen molar-refractivity contribution in [3.05, 3.63) is 29.5 Å². The van der Waals surface area contributed by atoms with Crippen molar-refractivity contribution in [2.24, 2.45) is 0 Å². The first-order valence-corrected chi connectivity index (χ1v) is 5.92. The van der Waals surface area contributed by atoms with E-state index >= 15 is 0 Å². The first-order valence-electron chi connectivity index (χ1n) is 5.92. The van der Waals surface area contributed by atoms with Crippen LogP contribution >= 0.6 is 0 Å². The first-order chi connectivity index (χ1) is 8.53. The number of aryl methyl sites for hydroxylation is 2. The van der Waals surface area contributed by atoms with Crippen molar-refractivity contribution >= 4 is 10.9 Å². The topological polar surface area (TPSA) is 25.0 Å². The molecule has 96 valence electrons. The van der Waals surface area contributed by atoms with E-state index in [1.165, 1.54) is 12.1 Å². The Kier molecular flexibility index (Phi) is 2.50. The van der Waals surface area contributed by atoms with Gasteiger partial charge in [0.1, 0.15) is 5.75 Å². The zero-order valence-corrected chi connectivity index (χ0v) is 9.60. The summed E-state index contributed by atoms with van der Waals surface area (Å²) in [5.74, 6) is -0.151. The predicted molar refractivity (Wildman–Crippen MR) is 61.6 cm³/mol. The molecule has 0 amide bonds. The number of fused-ring (bicyclic) bond motifs is 3. The second-order valence-electron chi connectivity index (χ2n) is 4.54. The van der Waals surface area contributed by atoms with E-state index < -0.39 is 6.36 Å². The summed E-state index contributed by atoms with van der Waals surface area (Å²) in [5, 5.41) is 0.853. The molecule has 0 bridgehead atoms. The third kappa shape index (κ3) is 2.05. The average molecular weight is 255 g/mol. The molecule has 0 aliphatic heterocycles. The molecule has 0 spiro atoms. The van der Waals surface area contributed by atoms with Gasteiger partial charge in [0.05, 0.1) is 0 Å². The summed E-state index contributed by atoms with van der Waals surface area (Å²) in [4.78, 5) is 3.27. The molecule has 1 heterocycles. The van der Waals surface area contributed by atoms with Gasteiger partial charge >= 0.3 is 6.36 Å². The molecule has 1 aliphatic carbocycles. The Hall–Kier alpha value is -1.65. The van der Waals surface area contributed by atoms with Crippen LogP contribution in [0.3, 0.4) is 0 Å². The molecule has 0 atom stereocenters. The van der Waals surface area contributed by atoms with E-state index in [0.717, 1.165) is 47.8 Å². The lowest BCUT2D eigenvalue weighted by Crippen LogP contribution is -2.17. The smallest absolute Gasteiger partial charge is 0.406 e. The fraction of sp³-hybridized carbons (Fsp3) is 0.385. The Morgan fingerprint density at radius 1 is 1.11 bits per heavy atom. The van der Waals surface area contributed by atoms with Crippen LogP contribution in [0.4, 0.5) is 13.2 Å². The number of nitrogens with one attached hydrogen (secondary N) is 1. The highest BCUT2D eigenvalue weighted by Gasteiger charge is 2.31. The van der Waals surface area contributed by atoms with Crippen LogP contribution in [0.2, 0.25) is 0 Å². The molecule has 0 radical (unpaired) electrons. The summed E-state index contributed by atoms with van der Waals surface area (Å²) in [6.07, 6.45) is -0.523. The lowest BCUT2D eigenvalue weighted by Gasteiger charge is -2.11.